The van der Waals surface area contributed by atoms with Crippen LogP contribution in [0.1, 0.15) is 44.1 Å². The maximum absolute atomic E-state index is 13.5. The van der Waals surface area contributed by atoms with E-state index >= 15 is 0 Å². The van der Waals surface area contributed by atoms with Crippen molar-refractivity contribution in [1.82, 2.24) is 0 Å². The lowest BCUT2D eigenvalue weighted by molar-refractivity contribution is -0.859. The van der Waals surface area contributed by atoms with Crippen LogP contribution in [0.5, 0.6) is 5.75 Å². The smallest absolute Gasteiger partial charge is 0.169 e. The number of allylic oxidation sites excluding steroid dienone is 3. The molecule has 2 aliphatic rings. The fraction of sp³-hybridized carbons (Fsp3) is 0.500. The second-order valence-corrected chi connectivity index (χ2v) is 8.66. The second-order valence-electron chi connectivity index (χ2n) is 7.80. The van der Waals surface area contributed by atoms with Gasteiger partial charge >= 0.3 is 0 Å². The van der Waals surface area contributed by atoms with Crippen molar-refractivity contribution < 1.29 is 26.8 Å². The molecule has 1 atom stereocenters. The Bertz CT molecular complexity index is 757. The Morgan fingerprint density at radius 3 is 2.67 bits per heavy atom. The molecular weight excluding hydrogens is 426 g/mol. The third-order valence-corrected chi connectivity index (χ3v) is 6.39. The van der Waals surface area contributed by atoms with E-state index in [2.05, 4.69) is 42.2 Å². The fourth-order valence-corrected chi connectivity index (χ4v) is 4.83. The molecule has 2 aliphatic carbocycles. The summed E-state index contributed by atoms with van der Waals surface area (Å²) < 4.78 is 6.22. The van der Waals surface area contributed by atoms with Crippen molar-refractivity contribution in [3.05, 3.63) is 45.5 Å². The first kappa shape index (κ1) is 22.2. The predicted octanol–water partition coefficient (Wildman–Crippen LogP) is 0.839. The van der Waals surface area contributed by atoms with Crippen molar-refractivity contribution in [2.24, 2.45) is 5.41 Å². The van der Waals surface area contributed by atoms with Gasteiger partial charge in [-0.2, -0.15) is 0 Å². The van der Waals surface area contributed by atoms with Gasteiger partial charge in [0.25, 0.3) is 0 Å². The summed E-state index contributed by atoms with van der Waals surface area (Å²) in [6.07, 6.45) is 10.6. The molecule has 0 spiro atoms. The molecule has 0 aromatic heterocycles. The van der Waals surface area contributed by atoms with Gasteiger partial charge in [-0.15, -0.1) is 0 Å². The molecule has 1 N–H and O–H groups in total. The van der Waals surface area contributed by atoms with Gasteiger partial charge in [0.15, 0.2) is 5.78 Å². The van der Waals surface area contributed by atoms with Crippen molar-refractivity contribution >= 4 is 27.8 Å². The first-order valence-electron chi connectivity index (χ1n) is 9.54. The molecule has 1 unspecified atom stereocenters. The Kier molecular flexibility index (Phi) is 7.73. The van der Waals surface area contributed by atoms with Gasteiger partial charge in [0.1, 0.15) is 5.75 Å². The molecule has 1 aromatic rings. The van der Waals surface area contributed by atoms with E-state index in [-0.39, 0.29) is 17.8 Å². The molecule has 0 aliphatic heterocycles. The number of nitrogens with one attached hydrogen (secondary N) is 1. The summed E-state index contributed by atoms with van der Waals surface area (Å²) in [7, 11) is 6.00. The Hall–Kier alpha value is -1.10. The molecule has 1 fully saturated rings. The highest BCUT2D eigenvalue weighted by Crippen LogP contribution is 2.50. The van der Waals surface area contributed by atoms with Gasteiger partial charge in [-0.25, -0.2) is 0 Å². The van der Waals surface area contributed by atoms with E-state index in [0.717, 1.165) is 60.0 Å². The standard InChI is InChI=1S/C22H28BrNO2.ClH/c1-24(2)13-12-22(18-6-4-5-7-18)11-10-17(21(22)25)14-16-8-9-20(26-3)19(23)15-16;/h6,8-9,14-15H,4-5,7,10-13H2,1-3H3;1H/b17-14+;. The summed E-state index contributed by atoms with van der Waals surface area (Å²) in [5.74, 6) is 1.17. The molecular formula is C22H29BrClNO2. The lowest BCUT2D eigenvalue weighted by Gasteiger charge is -2.29. The van der Waals surface area contributed by atoms with Crippen LogP contribution in [0.2, 0.25) is 0 Å². The maximum Gasteiger partial charge on any atom is 0.169 e. The summed E-state index contributed by atoms with van der Waals surface area (Å²) in [5.41, 5.74) is 3.19. The quantitative estimate of drug-likeness (QED) is 0.510. The first-order chi connectivity index (χ1) is 12.5. The summed E-state index contributed by atoms with van der Waals surface area (Å²) in [4.78, 5) is 14.9. The molecule has 5 heteroatoms. The van der Waals surface area contributed by atoms with Crippen LogP contribution in [0.3, 0.4) is 0 Å². The van der Waals surface area contributed by atoms with E-state index in [4.69, 9.17) is 4.74 Å². The third-order valence-electron chi connectivity index (χ3n) is 5.77. The highest BCUT2D eigenvalue weighted by Gasteiger charge is 2.47. The van der Waals surface area contributed by atoms with Crippen molar-refractivity contribution in [3.63, 3.8) is 0 Å². The number of quaternary nitrogens is 1. The van der Waals surface area contributed by atoms with Gasteiger partial charge in [-0.1, -0.05) is 17.7 Å². The zero-order valence-corrected chi connectivity index (χ0v) is 18.8. The average molecular weight is 455 g/mol. The molecule has 27 heavy (non-hydrogen) atoms. The third kappa shape index (κ3) is 4.67. The summed E-state index contributed by atoms with van der Waals surface area (Å²) in [5, 5.41) is 0. The van der Waals surface area contributed by atoms with Crippen molar-refractivity contribution in [2.45, 2.75) is 38.5 Å². The topological polar surface area (TPSA) is 30.7 Å². The second kappa shape index (κ2) is 9.40. The number of ether oxygens (including phenoxy) is 1. The Morgan fingerprint density at radius 1 is 1.30 bits per heavy atom. The number of carbonyl (C=O) groups is 1. The van der Waals surface area contributed by atoms with Crippen LogP contribution < -0.4 is 22.0 Å². The first-order valence-corrected chi connectivity index (χ1v) is 10.3. The van der Waals surface area contributed by atoms with E-state index in [1.807, 2.05) is 18.2 Å². The van der Waals surface area contributed by atoms with Crippen molar-refractivity contribution in [1.29, 1.82) is 0 Å². The van der Waals surface area contributed by atoms with Gasteiger partial charge in [-0.3, -0.25) is 4.79 Å². The van der Waals surface area contributed by atoms with E-state index in [0.29, 0.717) is 5.78 Å². The SMILES string of the molecule is COc1ccc(/C=C2\CCC(CC[NH+](C)C)(C3=CCCC3)C2=O)cc1Br.[Cl-]. The molecule has 148 valence electrons. The summed E-state index contributed by atoms with van der Waals surface area (Å²) in [6, 6.07) is 5.98. The minimum atomic E-state index is -0.247. The highest BCUT2D eigenvalue weighted by atomic mass is 79.9. The lowest BCUT2D eigenvalue weighted by Crippen LogP contribution is -3.05. The minimum Gasteiger partial charge on any atom is -1.00 e. The predicted molar refractivity (Wildman–Crippen MR) is 110 cm³/mol. The number of halogens is 2. The Morgan fingerprint density at radius 2 is 2.07 bits per heavy atom. The number of carbonyl (C=O) groups excluding carboxylic acids is 1. The Labute approximate surface area is 177 Å². The number of methoxy groups -OCH3 is 1. The zero-order chi connectivity index (χ0) is 18.7. The number of ketones is 1. The van der Waals surface area contributed by atoms with Crippen LogP contribution in [-0.2, 0) is 4.79 Å². The molecule has 1 saturated carbocycles. The summed E-state index contributed by atoms with van der Waals surface area (Å²) in [6.45, 7) is 1.03. The molecule has 3 rings (SSSR count). The maximum atomic E-state index is 13.5. The van der Waals surface area contributed by atoms with Gasteiger partial charge < -0.3 is 22.0 Å². The van der Waals surface area contributed by atoms with Gasteiger partial charge in [-0.05, 0) is 77.4 Å². The molecule has 0 bridgehead atoms. The number of Topliss-reactive ketones (excluding diaryl/α,β-unsaturated/α-hetero) is 1. The molecule has 0 radical (unpaired) electrons. The Balaban J connectivity index is 0.00000261. The van der Waals surface area contributed by atoms with Crippen LogP contribution in [0, 0.1) is 5.41 Å². The zero-order valence-electron chi connectivity index (χ0n) is 16.4. The normalized spacial score (nSPS) is 23.7. The van der Waals surface area contributed by atoms with E-state index < -0.39 is 0 Å². The van der Waals surface area contributed by atoms with Crippen molar-refractivity contribution in [3.8, 4) is 5.75 Å². The molecule has 0 amide bonds. The van der Waals surface area contributed by atoms with E-state index in [1.165, 1.54) is 16.9 Å². The molecule has 0 heterocycles. The van der Waals surface area contributed by atoms with Gasteiger partial charge in [0.05, 0.1) is 37.6 Å². The molecule has 3 nitrogen and oxygen atoms in total. The van der Waals surface area contributed by atoms with Crippen LogP contribution in [0.25, 0.3) is 6.08 Å². The highest BCUT2D eigenvalue weighted by molar-refractivity contribution is 9.10. The van der Waals surface area contributed by atoms with Gasteiger partial charge in [0, 0.05) is 6.42 Å². The molecule has 1 aromatic carbocycles. The van der Waals surface area contributed by atoms with Crippen LogP contribution in [0.15, 0.2) is 39.9 Å². The van der Waals surface area contributed by atoms with E-state index in [9.17, 15) is 4.79 Å². The number of benzene rings is 1. The van der Waals surface area contributed by atoms with Crippen molar-refractivity contribution in [2.75, 3.05) is 27.7 Å². The van der Waals surface area contributed by atoms with Gasteiger partial charge in [0.2, 0.25) is 0 Å². The van der Waals surface area contributed by atoms with E-state index in [1.54, 1.807) is 7.11 Å². The average Bonchev–Trinajstić information content (AvgIpc) is 3.24. The van der Waals surface area contributed by atoms with Crippen LogP contribution in [-0.4, -0.2) is 33.5 Å². The lowest BCUT2D eigenvalue weighted by atomic mass is 9.74. The summed E-state index contributed by atoms with van der Waals surface area (Å²) >= 11 is 3.54. The minimum absolute atomic E-state index is 0. The molecule has 0 saturated heterocycles. The van der Waals surface area contributed by atoms with Crippen LogP contribution >= 0.6 is 15.9 Å². The monoisotopic (exact) mass is 453 g/mol. The fourth-order valence-electron chi connectivity index (χ4n) is 4.27. The number of hydrogen-bond donors (Lipinski definition) is 1. The number of hydrogen-bond acceptors (Lipinski definition) is 2. The number of rotatable bonds is 6. The van der Waals surface area contributed by atoms with Crippen LogP contribution in [0.4, 0.5) is 0 Å². The largest absolute Gasteiger partial charge is 1.00 e.